The van der Waals surface area contributed by atoms with E-state index in [1.54, 1.807) is 6.21 Å². The van der Waals surface area contributed by atoms with Crippen LogP contribution >= 0.6 is 27.7 Å². The van der Waals surface area contributed by atoms with Crippen LogP contribution in [-0.2, 0) is 11.4 Å². The molecule has 0 atom stereocenters. The highest BCUT2D eigenvalue weighted by Gasteiger charge is 2.15. The van der Waals surface area contributed by atoms with Crippen LogP contribution < -0.4 is 10.1 Å². The molecule has 0 bridgehead atoms. The van der Waals surface area contributed by atoms with E-state index >= 15 is 0 Å². The Kier molecular flexibility index (Phi) is 5.66. The average Bonchev–Trinajstić information content (AvgIpc) is 2.99. The number of hydrogen-bond donors (Lipinski definition) is 1. The van der Waals surface area contributed by atoms with E-state index in [4.69, 9.17) is 4.74 Å². The molecule has 1 saturated heterocycles. The summed E-state index contributed by atoms with van der Waals surface area (Å²) in [7, 11) is 0. The third-order valence-corrected chi connectivity index (χ3v) is 4.49. The minimum absolute atomic E-state index is 0.0493. The molecule has 1 N–H and O–H groups in total. The molecule has 0 unspecified atom stereocenters. The fraction of sp³-hybridized carbons (Fsp3) is 0.118. The third-order valence-electron chi connectivity index (χ3n) is 3.13. The first-order valence-corrected chi connectivity index (χ1v) is 8.98. The van der Waals surface area contributed by atoms with Crippen molar-refractivity contribution in [2.75, 3.05) is 5.75 Å². The van der Waals surface area contributed by atoms with Crippen LogP contribution in [0.4, 0.5) is 0 Å². The van der Waals surface area contributed by atoms with Gasteiger partial charge in [0.2, 0.25) is 5.91 Å². The van der Waals surface area contributed by atoms with Gasteiger partial charge < -0.3 is 10.1 Å². The number of ether oxygens (including phenoxy) is 1. The summed E-state index contributed by atoms with van der Waals surface area (Å²) in [6.45, 7) is 0.463. The first kappa shape index (κ1) is 16.7. The molecule has 1 heterocycles. The van der Waals surface area contributed by atoms with Crippen molar-refractivity contribution in [3.8, 4) is 5.75 Å². The van der Waals surface area contributed by atoms with E-state index in [0.717, 1.165) is 21.3 Å². The van der Waals surface area contributed by atoms with Gasteiger partial charge in [-0.3, -0.25) is 4.79 Å². The maximum absolute atomic E-state index is 11.1. The quantitative estimate of drug-likeness (QED) is 0.612. The van der Waals surface area contributed by atoms with E-state index < -0.39 is 0 Å². The second kappa shape index (κ2) is 8.12. The molecule has 0 aliphatic carbocycles. The number of nitrogens with one attached hydrogen (secondary N) is 1. The molecule has 7 heteroatoms. The highest BCUT2D eigenvalue weighted by Crippen LogP contribution is 2.19. The predicted molar refractivity (Wildman–Crippen MR) is 101 cm³/mol. The molecular weight excluding hydrogens is 390 g/mol. The molecule has 1 fully saturated rings. The van der Waals surface area contributed by atoms with Gasteiger partial charge in [-0.15, -0.1) is 5.10 Å². The molecule has 0 saturated carbocycles. The van der Waals surface area contributed by atoms with Crippen LogP contribution in [0, 0.1) is 0 Å². The van der Waals surface area contributed by atoms with Crippen LogP contribution in [0.5, 0.6) is 5.75 Å². The molecule has 24 heavy (non-hydrogen) atoms. The van der Waals surface area contributed by atoms with E-state index in [0.29, 0.717) is 17.5 Å². The Morgan fingerprint density at radius 2 is 2.12 bits per heavy atom. The first-order chi connectivity index (χ1) is 11.7. The van der Waals surface area contributed by atoms with Gasteiger partial charge >= 0.3 is 0 Å². The van der Waals surface area contributed by atoms with Crippen LogP contribution in [0.15, 0.2) is 63.2 Å². The van der Waals surface area contributed by atoms with E-state index in [2.05, 4.69) is 31.4 Å². The zero-order chi connectivity index (χ0) is 16.8. The first-order valence-electron chi connectivity index (χ1n) is 7.21. The summed E-state index contributed by atoms with van der Waals surface area (Å²) in [5.74, 6) is 1.07. The summed E-state index contributed by atoms with van der Waals surface area (Å²) >= 11 is 4.79. The largest absolute Gasteiger partial charge is 0.488 e. The number of thioether (sulfide) groups is 1. The van der Waals surface area contributed by atoms with Crippen LogP contribution in [0.2, 0.25) is 0 Å². The zero-order valence-corrected chi connectivity index (χ0v) is 15.0. The summed E-state index contributed by atoms with van der Waals surface area (Å²) in [5.41, 5.74) is 1.90. The van der Waals surface area contributed by atoms with Crippen molar-refractivity contribution in [3.63, 3.8) is 0 Å². The molecule has 5 nitrogen and oxygen atoms in total. The summed E-state index contributed by atoms with van der Waals surface area (Å²) in [6, 6.07) is 15.6. The monoisotopic (exact) mass is 403 g/mol. The van der Waals surface area contributed by atoms with Crippen molar-refractivity contribution in [3.05, 3.63) is 64.1 Å². The van der Waals surface area contributed by atoms with Crippen LogP contribution in [0.1, 0.15) is 11.1 Å². The molecule has 122 valence electrons. The Morgan fingerprint density at radius 3 is 2.92 bits per heavy atom. The predicted octanol–water partition coefficient (Wildman–Crippen LogP) is 3.58. The zero-order valence-electron chi connectivity index (χ0n) is 12.6. The number of carbonyl (C=O) groups is 1. The smallest absolute Gasteiger partial charge is 0.236 e. The number of halogens is 1. The van der Waals surface area contributed by atoms with Gasteiger partial charge in [-0.2, -0.15) is 5.10 Å². The van der Waals surface area contributed by atoms with Gasteiger partial charge in [0.15, 0.2) is 5.17 Å². The number of amides is 1. The van der Waals surface area contributed by atoms with Gasteiger partial charge in [-0.25, -0.2) is 0 Å². The Bertz CT molecular complexity index is 808. The standard InChI is InChI=1S/C17H14BrN3O2S/c18-14-6-3-4-12(8-14)10-23-15-7-2-1-5-13(15)9-19-21-17-20-16(22)11-24-17/h1-9H,10-11H2,(H,20,21,22). The second-order valence-corrected chi connectivity index (χ2v) is 6.82. The molecule has 3 rings (SSSR count). The number of rotatable bonds is 5. The highest BCUT2D eigenvalue weighted by atomic mass is 79.9. The lowest BCUT2D eigenvalue weighted by Crippen LogP contribution is -2.19. The lowest BCUT2D eigenvalue weighted by Gasteiger charge is -2.09. The van der Waals surface area contributed by atoms with Gasteiger partial charge in [-0.1, -0.05) is 52.0 Å². The van der Waals surface area contributed by atoms with Gasteiger partial charge in [0.25, 0.3) is 0 Å². The van der Waals surface area contributed by atoms with E-state index in [1.807, 2.05) is 48.5 Å². The number of hydrogen-bond acceptors (Lipinski definition) is 5. The summed E-state index contributed by atoms with van der Waals surface area (Å²) in [5, 5.41) is 11.2. The van der Waals surface area contributed by atoms with Crippen molar-refractivity contribution in [1.82, 2.24) is 5.32 Å². The lowest BCUT2D eigenvalue weighted by atomic mass is 10.2. The lowest BCUT2D eigenvalue weighted by molar-refractivity contribution is -0.116. The summed E-state index contributed by atoms with van der Waals surface area (Å²) in [4.78, 5) is 11.1. The van der Waals surface area contributed by atoms with Crippen molar-refractivity contribution in [2.45, 2.75) is 6.61 Å². The van der Waals surface area contributed by atoms with E-state index in [1.165, 1.54) is 11.8 Å². The molecule has 2 aromatic carbocycles. The SMILES string of the molecule is O=C1CSC(=NN=Cc2ccccc2OCc2cccc(Br)c2)N1. The van der Waals surface area contributed by atoms with Crippen molar-refractivity contribution in [1.29, 1.82) is 0 Å². The molecule has 1 aliphatic rings. The van der Waals surface area contributed by atoms with Gasteiger partial charge in [-0.05, 0) is 29.8 Å². The van der Waals surface area contributed by atoms with Crippen molar-refractivity contribution in [2.24, 2.45) is 10.2 Å². The van der Waals surface area contributed by atoms with Gasteiger partial charge in [0.1, 0.15) is 12.4 Å². The fourth-order valence-corrected chi connectivity index (χ4v) is 3.11. The molecule has 2 aromatic rings. The maximum Gasteiger partial charge on any atom is 0.236 e. The fourth-order valence-electron chi connectivity index (χ4n) is 2.03. The topological polar surface area (TPSA) is 63.0 Å². The number of benzene rings is 2. The average molecular weight is 404 g/mol. The molecule has 0 aromatic heterocycles. The van der Waals surface area contributed by atoms with Gasteiger partial charge in [0, 0.05) is 10.0 Å². The number of amidine groups is 1. The summed E-state index contributed by atoms with van der Waals surface area (Å²) in [6.07, 6.45) is 1.62. The van der Waals surface area contributed by atoms with E-state index in [9.17, 15) is 4.79 Å². The molecular formula is C17H14BrN3O2S. The van der Waals surface area contributed by atoms with E-state index in [-0.39, 0.29) is 5.91 Å². The number of carbonyl (C=O) groups excluding carboxylic acids is 1. The highest BCUT2D eigenvalue weighted by molar-refractivity contribution is 9.10. The van der Waals surface area contributed by atoms with Crippen molar-refractivity contribution >= 4 is 45.0 Å². The van der Waals surface area contributed by atoms with Crippen LogP contribution in [-0.4, -0.2) is 23.0 Å². The minimum atomic E-state index is -0.0493. The number of nitrogens with zero attached hydrogens (tertiary/aromatic N) is 2. The molecule has 0 spiro atoms. The molecule has 1 aliphatic heterocycles. The third kappa shape index (κ3) is 4.69. The Labute approximate surface area is 152 Å². The van der Waals surface area contributed by atoms with Gasteiger partial charge in [0.05, 0.1) is 12.0 Å². The molecule has 1 amide bonds. The second-order valence-electron chi connectivity index (χ2n) is 4.94. The van der Waals surface area contributed by atoms with Crippen molar-refractivity contribution < 1.29 is 9.53 Å². The van der Waals surface area contributed by atoms with Crippen LogP contribution in [0.3, 0.4) is 0 Å². The maximum atomic E-state index is 11.1. The Hall–Kier alpha value is -2.12. The summed E-state index contributed by atoms with van der Waals surface area (Å²) < 4.78 is 6.90. The molecule has 0 radical (unpaired) electrons. The minimum Gasteiger partial charge on any atom is -0.488 e. The Morgan fingerprint density at radius 1 is 1.25 bits per heavy atom. The normalized spacial score (nSPS) is 15.9. The van der Waals surface area contributed by atoms with Crippen LogP contribution in [0.25, 0.3) is 0 Å². The number of para-hydroxylation sites is 1. The Balaban J connectivity index is 1.67.